The Balaban J connectivity index is 1.53. The Bertz CT molecular complexity index is 1340. The van der Waals surface area contributed by atoms with Crippen LogP contribution in [0.2, 0.25) is 0 Å². The molecule has 4 amide bonds. The van der Waals surface area contributed by atoms with Crippen LogP contribution < -0.4 is 19.7 Å². The summed E-state index contributed by atoms with van der Waals surface area (Å²) in [7, 11) is 0. The van der Waals surface area contributed by atoms with Gasteiger partial charge in [-0.05, 0) is 76.5 Å². The number of nitrogens with zero attached hydrogens (tertiary/aromatic N) is 1. The molecule has 4 rings (SSSR count). The molecule has 0 bridgehead atoms. The number of urea groups is 1. The predicted octanol–water partition coefficient (Wildman–Crippen LogP) is 5.62. The van der Waals surface area contributed by atoms with Gasteiger partial charge in [0.1, 0.15) is 29.5 Å². The van der Waals surface area contributed by atoms with E-state index in [1.807, 2.05) is 6.92 Å². The molecule has 9 heteroatoms. The van der Waals surface area contributed by atoms with Crippen LogP contribution in [0.15, 0.2) is 76.8 Å². The Labute approximate surface area is 215 Å². The van der Waals surface area contributed by atoms with Gasteiger partial charge in [-0.1, -0.05) is 31.2 Å². The lowest BCUT2D eigenvalue weighted by molar-refractivity contribution is -0.122. The summed E-state index contributed by atoms with van der Waals surface area (Å²) in [5.74, 6) is -0.831. The number of benzene rings is 3. The number of rotatable bonds is 8. The molecule has 0 saturated carbocycles. The summed E-state index contributed by atoms with van der Waals surface area (Å²) in [6.45, 7) is 2.57. The molecule has 0 atom stereocenters. The van der Waals surface area contributed by atoms with Crippen molar-refractivity contribution in [3.05, 3.63) is 93.7 Å². The van der Waals surface area contributed by atoms with Gasteiger partial charge in [0.25, 0.3) is 11.8 Å². The van der Waals surface area contributed by atoms with Gasteiger partial charge in [0, 0.05) is 5.56 Å². The van der Waals surface area contributed by atoms with E-state index in [0.29, 0.717) is 39.4 Å². The third kappa shape index (κ3) is 5.63. The summed E-state index contributed by atoms with van der Waals surface area (Å²) in [6.07, 6.45) is 2.24. The second-order valence-electron chi connectivity index (χ2n) is 7.87. The minimum atomic E-state index is -0.831. The molecule has 7 nitrogen and oxygen atoms in total. The lowest BCUT2D eigenvalue weighted by Crippen LogP contribution is -2.54. The Morgan fingerprint density at radius 1 is 1.00 bits per heavy atom. The first-order chi connectivity index (χ1) is 17.4. The number of ether oxygens (including phenoxy) is 2. The third-order valence-electron chi connectivity index (χ3n) is 5.28. The van der Waals surface area contributed by atoms with Crippen LogP contribution in [-0.2, 0) is 16.2 Å². The molecule has 0 aromatic heterocycles. The van der Waals surface area contributed by atoms with Gasteiger partial charge in [-0.2, -0.15) is 0 Å². The number of carbonyl (C=O) groups excluding carboxylic acids is 3. The van der Waals surface area contributed by atoms with E-state index in [4.69, 9.17) is 9.47 Å². The fraction of sp³-hybridized carbons (Fsp3) is 0.148. The highest BCUT2D eigenvalue weighted by atomic mass is 79.9. The maximum absolute atomic E-state index is 13.8. The average molecular weight is 553 g/mol. The predicted molar refractivity (Wildman–Crippen MR) is 136 cm³/mol. The first-order valence-electron chi connectivity index (χ1n) is 11.2. The largest absolute Gasteiger partial charge is 0.494 e. The second kappa shape index (κ2) is 11.2. The summed E-state index contributed by atoms with van der Waals surface area (Å²) < 4.78 is 25.6. The lowest BCUT2D eigenvalue weighted by atomic mass is 10.1. The monoisotopic (exact) mass is 552 g/mol. The Hall–Kier alpha value is -3.98. The van der Waals surface area contributed by atoms with Crippen LogP contribution in [0.1, 0.15) is 24.5 Å². The molecule has 1 aliphatic heterocycles. The van der Waals surface area contributed by atoms with Gasteiger partial charge in [-0.25, -0.2) is 14.1 Å². The molecule has 0 spiro atoms. The average Bonchev–Trinajstić information content (AvgIpc) is 2.86. The quantitative estimate of drug-likeness (QED) is 0.289. The van der Waals surface area contributed by atoms with E-state index in [1.165, 1.54) is 12.1 Å². The van der Waals surface area contributed by atoms with Crippen molar-refractivity contribution in [1.82, 2.24) is 5.32 Å². The van der Waals surface area contributed by atoms with Crippen LogP contribution >= 0.6 is 15.9 Å². The molecule has 0 aliphatic carbocycles. The molecule has 184 valence electrons. The van der Waals surface area contributed by atoms with Gasteiger partial charge in [-0.3, -0.25) is 14.9 Å². The van der Waals surface area contributed by atoms with E-state index in [0.717, 1.165) is 11.3 Å². The summed E-state index contributed by atoms with van der Waals surface area (Å²) in [5, 5.41) is 2.20. The number of nitrogens with one attached hydrogen (secondary N) is 1. The molecular weight excluding hydrogens is 531 g/mol. The van der Waals surface area contributed by atoms with E-state index >= 15 is 0 Å². The molecule has 1 fully saturated rings. The van der Waals surface area contributed by atoms with Crippen LogP contribution in [0.4, 0.5) is 14.9 Å². The number of carbonyl (C=O) groups is 3. The van der Waals surface area contributed by atoms with Gasteiger partial charge in [0.15, 0.2) is 0 Å². The minimum absolute atomic E-state index is 0.0337. The van der Waals surface area contributed by atoms with Crippen molar-refractivity contribution in [2.24, 2.45) is 0 Å². The van der Waals surface area contributed by atoms with Crippen LogP contribution in [-0.4, -0.2) is 24.5 Å². The van der Waals surface area contributed by atoms with E-state index < -0.39 is 17.8 Å². The van der Waals surface area contributed by atoms with Gasteiger partial charge < -0.3 is 9.47 Å². The maximum Gasteiger partial charge on any atom is 0.335 e. The zero-order valence-corrected chi connectivity index (χ0v) is 20.9. The number of hydrogen-bond acceptors (Lipinski definition) is 5. The fourth-order valence-corrected chi connectivity index (χ4v) is 3.98. The van der Waals surface area contributed by atoms with Crippen LogP contribution in [0, 0.1) is 5.82 Å². The molecule has 1 N–H and O–H groups in total. The van der Waals surface area contributed by atoms with E-state index in [1.54, 1.807) is 60.7 Å². The van der Waals surface area contributed by atoms with Crippen LogP contribution in [0.25, 0.3) is 6.08 Å². The van der Waals surface area contributed by atoms with E-state index in [2.05, 4.69) is 21.2 Å². The Morgan fingerprint density at radius 2 is 1.75 bits per heavy atom. The molecule has 36 heavy (non-hydrogen) atoms. The van der Waals surface area contributed by atoms with Gasteiger partial charge in [0.2, 0.25) is 0 Å². The van der Waals surface area contributed by atoms with Crippen molar-refractivity contribution in [1.29, 1.82) is 0 Å². The normalized spacial score (nSPS) is 14.7. The number of imide groups is 2. The Kier molecular flexibility index (Phi) is 7.80. The van der Waals surface area contributed by atoms with Crippen molar-refractivity contribution in [2.45, 2.75) is 20.0 Å². The molecule has 0 unspecified atom stereocenters. The molecule has 3 aromatic carbocycles. The first-order valence-corrected chi connectivity index (χ1v) is 12.0. The molecular formula is C27H22BrFN2O5. The number of hydrogen-bond donors (Lipinski definition) is 1. The number of anilines is 1. The molecule has 1 heterocycles. The summed E-state index contributed by atoms with van der Waals surface area (Å²) in [4.78, 5) is 38.9. The third-order valence-corrected chi connectivity index (χ3v) is 5.90. The number of amides is 4. The smallest absolute Gasteiger partial charge is 0.335 e. The van der Waals surface area contributed by atoms with Crippen LogP contribution in [0.5, 0.6) is 11.5 Å². The molecule has 1 aliphatic rings. The highest BCUT2D eigenvalue weighted by Crippen LogP contribution is 2.29. The molecule has 3 aromatic rings. The highest BCUT2D eigenvalue weighted by Gasteiger charge is 2.36. The van der Waals surface area contributed by atoms with Crippen molar-refractivity contribution in [3.63, 3.8) is 0 Å². The van der Waals surface area contributed by atoms with Crippen LogP contribution in [0.3, 0.4) is 0 Å². The van der Waals surface area contributed by atoms with Gasteiger partial charge >= 0.3 is 6.03 Å². The highest BCUT2D eigenvalue weighted by molar-refractivity contribution is 9.10. The zero-order valence-electron chi connectivity index (χ0n) is 19.3. The lowest BCUT2D eigenvalue weighted by Gasteiger charge is -2.26. The minimum Gasteiger partial charge on any atom is -0.494 e. The maximum atomic E-state index is 13.8. The number of barbiturate groups is 1. The summed E-state index contributed by atoms with van der Waals surface area (Å²) >= 11 is 3.41. The molecule has 1 saturated heterocycles. The van der Waals surface area contributed by atoms with Crippen molar-refractivity contribution in [3.8, 4) is 11.5 Å². The van der Waals surface area contributed by atoms with Gasteiger partial charge in [0.05, 0.1) is 16.8 Å². The Morgan fingerprint density at radius 3 is 2.44 bits per heavy atom. The number of halogens is 2. The summed E-state index contributed by atoms with van der Waals surface area (Å²) in [5.41, 5.74) is 1.04. The van der Waals surface area contributed by atoms with Crippen molar-refractivity contribution in [2.75, 3.05) is 11.5 Å². The first kappa shape index (κ1) is 25.1. The standard InChI is InChI=1S/C27H22BrFN2O5/c1-2-13-35-20-10-8-19(9-11-20)31-26(33)21(25(32)30-27(31)34)14-17-7-12-24(22(28)15-17)36-16-18-5-3-4-6-23(18)29/h3-12,14-15H,2,13,16H2,1H3,(H,30,32,34)/b21-14-. The van der Waals surface area contributed by atoms with E-state index in [-0.39, 0.29) is 18.0 Å². The van der Waals surface area contributed by atoms with Gasteiger partial charge in [-0.15, -0.1) is 0 Å². The SMILES string of the molecule is CCCOc1ccc(N2C(=O)NC(=O)/C(=C/c3ccc(OCc4ccccc4F)c(Br)c3)C2=O)cc1. The summed E-state index contributed by atoms with van der Waals surface area (Å²) in [6, 6.07) is 16.9. The zero-order chi connectivity index (χ0) is 25.7. The molecule has 0 radical (unpaired) electrons. The second-order valence-corrected chi connectivity index (χ2v) is 8.72. The fourth-order valence-electron chi connectivity index (χ4n) is 3.46. The van der Waals surface area contributed by atoms with Crippen molar-refractivity contribution >= 4 is 45.5 Å². The topological polar surface area (TPSA) is 84.9 Å². The van der Waals surface area contributed by atoms with E-state index in [9.17, 15) is 18.8 Å². The van der Waals surface area contributed by atoms with Crippen molar-refractivity contribution < 1.29 is 28.2 Å².